The molecule has 236 valence electrons. The zero-order chi connectivity index (χ0) is 32.2. The minimum Gasteiger partial charge on any atom is -0.441 e. The third-order valence-electron chi connectivity index (χ3n) is 6.88. The molecule has 0 heterocycles. The van der Waals surface area contributed by atoms with Crippen molar-refractivity contribution in [1.29, 1.82) is 0 Å². The molecule has 0 fully saturated rings. The van der Waals surface area contributed by atoms with Gasteiger partial charge in [-0.25, -0.2) is 9.59 Å². The van der Waals surface area contributed by atoms with Crippen LogP contribution in [0, 0.1) is 20.2 Å². The quantitative estimate of drug-likeness (QED) is 0.0800. The Kier molecular flexibility index (Phi) is 13.3. The van der Waals surface area contributed by atoms with Crippen molar-refractivity contribution in [1.82, 2.24) is 15.3 Å². The van der Waals surface area contributed by atoms with Crippen molar-refractivity contribution < 1.29 is 28.9 Å². The van der Waals surface area contributed by atoms with Gasteiger partial charge in [0.25, 0.3) is 11.4 Å². The van der Waals surface area contributed by atoms with Gasteiger partial charge >= 0.3 is 12.2 Å². The molecule has 0 radical (unpaired) electrons. The predicted molar refractivity (Wildman–Crippen MR) is 169 cm³/mol. The minimum absolute atomic E-state index is 0.0879. The molecule has 43 heavy (non-hydrogen) atoms. The molecule has 2 rings (SSSR count). The molecule has 0 bridgehead atoms. The van der Waals surface area contributed by atoms with E-state index in [2.05, 4.69) is 41.5 Å². The first kappa shape index (κ1) is 35.4. The Labute approximate surface area is 254 Å². The molecule has 0 saturated carbocycles. The number of nitrogens with one attached hydrogen (secondary N) is 3. The number of hydrogen-bond donors (Lipinski definition) is 3. The van der Waals surface area contributed by atoms with Crippen molar-refractivity contribution in [3.8, 4) is 0 Å². The summed E-state index contributed by atoms with van der Waals surface area (Å²) in [5.74, 6) is 0. The van der Waals surface area contributed by atoms with E-state index in [0.29, 0.717) is 24.2 Å². The van der Waals surface area contributed by atoms with Gasteiger partial charge in [-0.05, 0) is 50.9 Å². The van der Waals surface area contributed by atoms with E-state index in [1.807, 2.05) is 0 Å². The van der Waals surface area contributed by atoms with Crippen molar-refractivity contribution in [3.05, 3.63) is 79.9 Å². The number of nitro benzene ring substituents is 2. The average Bonchev–Trinajstić information content (AvgIpc) is 2.92. The fraction of sp³-hybridized carbons (Fsp3) is 0.500. The maximum atomic E-state index is 12.3. The van der Waals surface area contributed by atoms with Crippen molar-refractivity contribution in [2.75, 3.05) is 13.1 Å². The summed E-state index contributed by atoms with van der Waals surface area (Å²) < 4.78 is 14.6. The number of benzene rings is 2. The van der Waals surface area contributed by atoms with Crippen LogP contribution in [0.15, 0.2) is 48.5 Å². The summed E-state index contributed by atoms with van der Waals surface area (Å²) >= 11 is 0. The summed E-state index contributed by atoms with van der Waals surface area (Å²) in [6, 6.07) is 14.2. The van der Waals surface area contributed by atoms with Gasteiger partial charge in [-0.15, -0.1) is 0 Å². The Bertz CT molecular complexity index is 1180. The van der Waals surface area contributed by atoms with E-state index in [0.717, 1.165) is 24.9 Å². The molecule has 2 aromatic rings. The van der Waals surface area contributed by atoms with E-state index < -0.39 is 50.7 Å². The number of rotatable bonds is 16. The maximum Gasteiger partial charge on any atom is 0.407 e. The van der Waals surface area contributed by atoms with Crippen molar-refractivity contribution in [2.24, 2.45) is 0 Å². The number of nitro groups is 2. The fourth-order valence-electron chi connectivity index (χ4n) is 5.01. The number of carbonyl (C=O) groups excluding carboxylic acids is 2. The Hall–Kier alpha value is -3.83. The molecule has 2 unspecified atom stereocenters. The smallest absolute Gasteiger partial charge is 0.407 e. The van der Waals surface area contributed by atoms with Gasteiger partial charge in [0.2, 0.25) is 0 Å². The molecule has 0 saturated heterocycles. The van der Waals surface area contributed by atoms with Gasteiger partial charge in [-0.3, -0.25) is 20.2 Å². The van der Waals surface area contributed by atoms with Gasteiger partial charge in [0.1, 0.15) is 28.7 Å². The lowest BCUT2D eigenvalue weighted by molar-refractivity contribution is -0.386. The Morgan fingerprint density at radius 1 is 0.721 bits per heavy atom. The molecule has 15 heteroatoms. The first-order valence-corrected chi connectivity index (χ1v) is 20.7. The molecular formula is C28H43N5O8Si2. The van der Waals surface area contributed by atoms with E-state index >= 15 is 0 Å². The summed E-state index contributed by atoms with van der Waals surface area (Å²) in [6.45, 7) is 13.1. The van der Waals surface area contributed by atoms with E-state index in [-0.39, 0.29) is 11.4 Å². The van der Waals surface area contributed by atoms with Crippen LogP contribution in [0.25, 0.3) is 0 Å². The number of ether oxygens (including phenoxy) is 2. The number of amides is 2. The molecule has 0 aliphatic rings. The molecule has 13 nitrogen and oxygen atoms in total. The molecule has 2 amide bonds. The number of para-hydroxylation sites is 2. The van der Waals surface area contributed by atoms with Crippen LogP contribution in [0.1, 0.15) is 50.0 Å². The van der Waals surface area contributed by atoms with Crippen LogP contribution >= 0.6 is 0 Å². The van der Waals surface area contributed by atoms with Gasteiger partial charge < -0.3 is 24.8 Å². The third kappa shape index (κ3) is 12.1. The fourth-order valence-corrected chi connectivity index (χ4v) is 15.5. The van der Waals surface area contributed by atoms with Crippen LogP contribution in [-0.4, -0.2) is 51.6 Å². The summed E-state index contributed by atoms with van der Waals surface area (Å²) in [7, 11) is -3.59. The second-order valence-electron chi connectivity index (χ2n) is 11.7. The molecule has 2 aromatic carbocycles. The second kappa shape index (κ2) is 16.1. The monoisotopic (exact) mass is 633 g/mol. The molecular weight excluding hydrogens is 591 g/mol. The van der Waals surface area contributed by atoms with E-state index in [1.54, 1.807) is 50.2 Å². The molecule has 2 atom stereocenters. The van der Waals surface area contributed by atoms with Crippen LogP contribution in [-0.2, 0) is 9.47 Å². The molecule has 0 aromatic heterocycles. The highest BCUT2D eigenvalue weighted by molar-refractivity contribution is 6.91. The molecule has 0 aliphatic heterocycles. The van der Waals surface area contributed by atoms with Crippen molar-refractivity contribution in [2.45, 2.75) is 77.2 Å². The topological polar surface area (TPSA) is 175 Å². The number of nitrogens with zero attached hydrogens (tertiary/aromatic N) is 2. The van der Waals surface area contributed by atoms with E-state index in [9.17, 15) is 29.8 Å². The van der Waals surface area contributed by atoms with Gasteiger partial charge in [0, 0.05) is 25.2 Å². The van der Waals surface area contributed by atoms with Crippen LogP contribution in [0.3, 0.4) is 0 Å². The second-order valence-corrected chi connectivity index (χ2v) is 21.2. The van der Waals surface area contributed by atoms with Crippen molar-refractivity contribution in [3.63, 3.8) is 0 Å². The van der Waals surface area contributed by atoms with Crippen LogP contribution in [0.2, 0.25) is 38.3 Å². The predicted octanol–water partition coefficient (Wildman–Crippen LogP) is 6.56. The van der Waals surface area contributed by atoms with Gasteiger partial charge in [-0.2, -0.15) is 0 Å². The first-order chi connectivity index (χ1) is 20.1. The van der Waals surface area contributed by atoms with Crippen molar-refractivity contribution >= 4 is 40.0 Å². The normalized spacial score (nSPS) is 13.0. The largest absolute Gasteiger partial charge is 0.441 e. The zero-order valence-electron chi connectivity index (χ0n) is 25.7. The SMILES string of the molecule is CC(OC(=O)NCCC[Si](C)(C)N[Si](C)(C)CCCNC(=O)OC(C)c1ccccc1[N+](=O)[O-])c1ccccc1[N+](=O)[O-]. The van der Waals surface area contributed by atoms with Crippen LogP contribution in [0.5, 0.6) is 0 Å². The number of carbonyl (C=O) groups is 2. The van der Waals surface area contributed by atoms with E-state index in [1.165, 1.54) is 12.1 Å². The summed E-state index contributed by atoms with van der Waals surface area (Å²) in [4.78, 5) is 46.0. The summed E-state index contributed by atoms with van der Waals surface area (Å²) in [5.41, 5.74) is 0.505. The van der Waals surface area contributed by atoms with Gasteiger partial charge in [0.05, 0.1) is 21.0 Å². The molecule has 0 spiro atoms. The highest BCUT2D eigenvalue weighted by Crippen LogP contribution is 2.28. The number of alkyl carbamates (subject to hydrolysis) is 2. The number of hydrogen-bond acceptors (Lipinski definition) is 9. The Morgan fingerprint density at radius 2 is 1.07 bits per heavy atom. The molecule has 0 aliphatic carbocycles. The maximum absolute atomic E-state index is 12.3. The standard InChI is InChI=1S/C28H43N5O8Si2/c1-21(23-13-7-9-15-25(23)32(36)37)40-27(34)29-17-11-19-42(3,4)31-43(5,6)20-12-18-30-28(35)41-22(2)24-14-8-10-16-26(24)33(38)39/h7-10,13-16,21-22,31H,11-12,17-20H2,1-6H3,(H,29,34)(H,30,35). The highest BCUT2D eigenvalue weighted by atomic mass is 28.4. The summed E-state index contributed by atoms with van der Waals surface area (Å²) in [5, 5.41) is 28.0. The third-order valence-corrected chi connectivity index (χ3v) is 15.5. The lowest BCUT2D eigenvalue weighted by Gasteiger charge is -2.35. The first-order valence-electron chi connectivity index (χ1n) is 14.3. The molecule has 3 N–H and O–H groups in total. The lowest BCUT2D eigenvalue weighted by atomic mass is 10.1. The highest BCUT2D eigenvalue weighted by Gasteiger charge is 2.30. The lowest BCUT2D eigenvalue weighted by Crippen LogP contribution is -2.59. The summed E-state index contributed by atoms with van der Waals surface area (Å²) in [6.07, 6.45) is -1.23. The Morgan fingerprint density at radius 3 is 1.42 bits per heavy atom. The average molecular weight is 634 g/mol. The van der Waals surface area contributed by atoms with Crippen LogP contribution in [0.4, 0.5) is 21.0 Å². The Balaban J connectivity index is 1.69. The zero-order valence-corrected chi connectivity index (χ0v) is 27.7. The minimum atomic E-state index is -1.79. The van der Waals surface area contributed by atoms with Crippen LogP contribution < -0.4 is 15.3 Å². The van der Waals surface area contributed by atoms with E-state index in [4.69, 9.17) is 9.47 Å². The van der Waals surface area contributed by atoms with Gasteiger partial charge in [-0.1, -0.05) is 50.5 Å². The van der Waals surface area contributed by atoms with Gasteiger partial charge in [0.15, 0.2) is 0 Å².